The zero-order valence-electron chi connectivity index (χ0n) is 15.1. The van der Waals surface area contributed by atoms with E-state index in [2.05, 4.69) is 10.6 Å². The molecule has 0 aliphatic carbocycles. The van der Waals surface area contributed by atoms with Gasteiger partial charge in [0.25, 0.3) is 5.91 Å². The Morgan fingerprint density at radius 1 is 1.11 bits per heavy atom. The molecular formula is C21H19N3O4. The summed E-state index contributed by atoms with van der Waals surface area (Å²) in [5.41, 5.74) is 2.05. The van der Waals surface area contributed by atoms with Crippen LogP contribution in [0.2, 0.25) is 0 Å². The number of hydrogen-bond acceptors (Lipinski definition) is 4. The first-order chi connectivity index (χ1) is 13.7. The van der Waals surface area contributed by atoms with Gasteiger partial charge in [-0.25, -0.2) is 4.79 Å². The van der Waals surface area contributed by atoms with Gasteiger partial charge in [-0.1, -0.05) is 18.2 Å². The number of para-hydroxylation sites is 1. The Labute approximate surface area is 161 Å². The maximum absolute atomic E-state index is 12.6. The van der Waals surface area contributed by atoms with Gasteiger partial charge in [-0.15, -0.1) is 0 Å². The van der Waals surface area contributed by atoms with Crippen LogP contribution in [0.4, 0.5) is 16.2 Å². The standard InChI is InChI=1S/C21H19N3O4/c25-20(19-15(10-13-27-19)14-28-18-4-2-1-3-5-18)23-16-6-8-17(9-7-16)24-12-11-22-21(24)26/h1-10,13H,11-12,14H2,(H,22,26)(H,23,25). The highest BCUT2D eigenvalue weighted by Gasteiger charge is 2.21. The lowest BCUT2D eigenvalue weighted by Crippen LogP contribution is -2.27. The molecule has 0 spiro atoms. The van der Waals surface area contributed by atoms with E-state index in [1.165, 1.54) is 6.26 Å². The number of ether oxygens (including phenoxy) is 1. The smallest absolute Gasteiger partial charge is 0.321 e. The summed E-state index contributed by atoms with van der Waals surface area (Å²) in [5.74, 6) is 0.568. The van der Waals surface area contributed by atoms with Crippen LogP contribution in [0.1, 0.15) is 16.1 Å². The molecule has 1 aliphatic heterocycles. The fourth-order valence-electron chi connectivity index (χ4n) is 2.96. The molecule has 7 heteroatoms. The minimum absolute atomic E-state index is 0.115. The molecule has 0 atom stereocenters. The van der Waals surface area contributed by atoms with Gasteiger partial charge in [0.2, 0.25) is 0 Å². The number of nitrogens with one attached hydrogen (secondary N) is 2. The summed E-state index contributed by atoms with van der Waals surface area (Å²) in [6, 6.07) is 18.1. The van der Waals surface area contributed by atoms with Crippen molar-refractivity contribution in [3.05, 3.63) is 78.3 Å². The molecular weight excluding hydrogens is 358 g/mol. The van der Waals surface area contributed by atoms with E-state index in [0.29, 0.717) is 24.3 Å². The number of rotatable bonds is 6. The Hall–Kier alpha value is -3.74. The molecule has 1 aromatic heterocycles. The van der Waals surface area contributed by atoms with Crippen molar-refractivity contribution in [2.75, 3.05) is 23.3 Å². The van der Waals surface area contributed by atoms with E-state index >= 15 is 0 Å². The first-order valence-electron chi connectivity index (χ1n) is 8.92. The molecule has 0 unspecified atom stereocenters. The fourth-order valence-corrected chi connectivity index (χ4v) is 2.96. The average Bonchev–Trinajstić information content (AvgIpc) is 3.37. The molecule has 2 N–H and O–H groups in total. The molecule has 0 radical (unpaired) electrons. The number of furan rings is 1. The second-order valence-electron chi connectivity index (χ2n) is 6.26. The summed E-state index contributed by atoms with van der Waals surface area (Å²) in [6.07, 6.45) is 1.47. The molecule has 2 heterocycles. The Bertz CT molecular complexity index is 967. The van der Waals surface area contributed by atoms with Crippen molar-refractivity contribution >= 4 is 23.3 Å². The summed E-state index contributed by atoms with van der Waals surface area (Å²) >= 11 is 0. The van der Waals surface area contributed by atoms with Gasteiger partial charge < -0.3 is 19.8 Å². The zero-order valence-corrected chi connectivity index (χ0v) is 15.1. The van der Waals surface area contributed by atoms with Crippen molar-refractivity contribution < 1.29 is 18.7 Å². The fraction of sp³-hybridized carbons (Fsp3) is 0.143. The molecule has 1 saturated heterocycles. The van der Waals surface area contributed by atoms with Crippen LogP contribution in [0.3, 0.4) is 0 Å². The Kier molecular flexibility index (Phi) is 4.97. The molecule has 0 bridgehead atoms. The van der Waals surface area contributed by atoms with Crippen molar-refractivity contribution in [1.29, 1.82) is 0 Å². The number of benzene rings is 2. The van der Waals surface area contributed by atoms with Gasteiger partial charge in [0, 0.05) is 30.0 Å². The molecule has 28 heavy (non-hydrogen) atoms. The van der Waals surface area contributed by atoms with Crippen molar-refractivity contribution in [2.24, 2.45) is 0 Å². The highest BCUT2D eigenvalue weighted by molar-refractivity contribution is 6.03. The highest BCUT2D eigenvalue weighted by Crippen LogP contribution is 2.21. The van der Waals surface area contributed by atoms with Gasteiger partial charge in [-0.05, 0) is 42.5 Å². The van der Waals surface area contributed by atoms with E-state index < -0.39 is 0 Å². The number of amides is 3. The van der Waals surface area contributed by atoms with Gasteiger partial charge in [0.15, 0.2) is 5.76 Å². The molecule has 3 amide bonds. The maximum atomic E-state index is 12.6. The third-order valence-corrected chi connectivity index (χ3v) is 4.38. The lowest BCUT2D eigenvalue weighted by Gasteiger charge is -2.14. The molecule has 0 saturated carbocycles. The second-order valence-corrected chi connectivity index (χ2v) is 6.26. The average molecular weight is 377 g/mol. The number of carbonyl (C=O) groups is 2. The van der Waals surface area contributed by atoms with Gasteiger partial charge in [-0.2, -0.15) is 0 Å². The summed E-state index contributed by atoms with van der Waals surface area (Å²) in [6.45, 7) is 1.48. The molecule has 1 fully saturated rings. The first-order valence-corrected chi connectivity index (χ1v) is 8.92. The summed E-state index contributed by atoms with van der Waals surface area (Å²) < 4.78 is 11.0. The molecule has 1 aliphatic rings. The normalized spacial score (nSPS) is 13.3. The van der Waals surface area contributed by atoms with Crippen LogP contribution in [0.5, 0.6) is 5.75 Å². The van der Waals surface area contributed by atoms with Crippen LogP contribution < -0.4 is 20.3 Å². The summed E-state index contributed by atoms with van der Waals surface area (Å²) in [5, 5.41) is 5.56. The van der Waals surface area contributed by atoms with Crippen molar-refractivity contribution in [3.8, 4) is 5.75 Å². The number of nitrogens with zero attached hydrogens (tertiary/aromatic N) is 1. The van der Waals surface area contributed by atoms with E-state index in [1.807, 2.05) is 30.3 Å². The van der Waals surface area contributed by atoms with Gasteiger partial charge in [0.05, 0.1) is 6.26 Å². The minimum atomic E-state index is -0.358. The predicted molar refractivity (Wildman–Crippen MR) is 105 cm³/mol. The number of carbonyl (C=O) groups excluding carboxylic acids is 2. The van der Waals surface area contributed by atoms with Crippen molar-refractivity contribution in [2.45, 2.75) is 6.61 Å². The largest absolute Gasteiger partial charge is 0.489 e. The summed E-state index contributed by atoms with van der Waals surface area (Å²) in [7, 11) is 0. The molecule has 7 nitrogen and oxygen atoms in total. The van der Waals surface area contributed by atoms with Crippen molar-refractivity contribution in [1.82, 2.24) is 5.32 Å². The molecule has 4 rings (SSSR count). The van der Waals surface area contributed by atoms with Crippen LogP contribution in [0.15, 0.2) is 71.3 Å². The molecule has 2 aromatic carbocycles. The Morgan fingerprint density at radius 2 is 1.89 bits per heavy atom. The Balaban J connectivity index is 1.40. The predicted octanol–water partition coefficient (Wildman–Crippen LogP) is 3.64. The highest BCUT2D eigenvalue weighted by atomic mass is 16.5. The van der Waals surface area contributed by atoms with Gasteiger partial charge in [-0.3, -0.25) is 9.69 Å². The summed E-state index contributed by atoms with van der Waals surface area (Å²) in [4.78, 5) is 25.9. The lowest BCUT2D eigenvalue weighted by atomic mass is 10.2. The van der Waals surface area contributed by atoms with Crippen LogP contribution >= 0.6 is 0 Å². The quantitative estimate of drug-likeness (QED) is 0.687. The van der Waals surface area contributed by atoms with E-state index in [1.54, 1.807) is 35.2 Å². The first kappa shape index (κ1) is 17.7. The van der Waals surface area contributed by atoms with Crippen LogP contribution in [-0.2, 0) is 6.61 Å². The monoisotopic (exact) mass is 377 g/mol. The van der Waals surface area contributed by atoms with Crippen LogP contribution in [-0.4, -0.2) is 25.0 Å². The number of hydrogen-bond donors (Lipinski definition) is 2. The van der Waals surface area contributed by atoms with Crippen LogP contribution in [0, 0.1) is 0 Å². The van der Waals surface area contributed by atoms with Gasteiger partial charge >= 0.3 is 6.03 Å². The second kappa shape index (κ2) is 7.87. The topological polar surface area (TPSA) is 83.8 Å². The van der Waals surface area contributed by atoms with Gasteiger partial charge in [0.1, 0.15) is 12.4 Å². The number of anilines is 2. The SMILES string of the molecule is O=C(Nc1ccc(N2CCNC2=O)cc1)c1occc1COc1ccccc1. The Morgan fingerprint density at radius 3 is 2.61 bits per heavy atom. The molecule has 3 aromatic rings. The minimum Gasteiger partial charge on any atom is -0.489 e. The van der Waals surface area contributed by atoms with Crippen molar-refractivity contribution in [3.63, 3.8) is 0 Å². The van der Waals surface area contributed by atoms with E-state index in [-0.39, 0.29) is 24.3 Å². The van der Waals surface area contributed by atoms with E-state index in [9.17, 15) is 9.59 Å². The zero-order chi connectivity index (χ0) is 19.3. The molecule has 142 valence electrons. The van der Waals surface area contributed by atoms with E-state index in [4.69, 9.17) is 9.15 Å². The van der Waals surface area contributed by atoms with E-state index in [0.717, 1.165) is 11.4 Å². The maximum Gasteiger partial charge on any atom is 0.321 e. The third-order valence-electron chi connectivity index (χ3n) is 4.38. The van der Waals surface area contributed by atoms with Crippen LogP contribution in [0.25, 0.3) is 0 Å². The number of urea groups is 1. The lowest BCUT2D eigenvalue weighted by molar-refractivity contribution is 0.0993. The third kappa shape index (κ3) is 3.83.